The van der Waals surface area contributed by atoms with Crippen molar-refractivity contribution in [2.24, 2.45) is 18.9 Å². The van der Waals surface area contributed by atoms with Gasteiger partial charge in [-0.3, -0.25) is 0 Å². The Labute approximate surface area is 123 Å². The Kier molecular flexibility index (Phi) is 4.77. The summed E-state index contributed by atoms with van der Waals surface area (Å²) >= 11 is 0. The van der Waals surface area contributed by atoms with Crippen LogP contribution in [0.5, 0.6) is 0 Å². The van der Waals surface area contributed by atoms with Gasteiger partial charge in [-0.05, 0) is 44.1 Å². The van der Waals surface area contributed by atoms with Gasteiger partial charge in [-0.1, -0.05) is 25.7 Å². The quantitative estimate of drug-likeness (QED) is 0.807. The lowest BCUT2D eigenvalue weighted by Gasteiger charge is -2.25. The second-order valence-corrected chi connectivity index (χ2v) is 6.83. The molecule has 2 fully saturated rings. The van der Waals surface area contributed by atoms with Crippen molar-refractivity contribution >= 4 is 0 Å². The van der Waals surface area contributed by atoms with E-state index in [4.69, 9.17) is 0 Å². The van der Waals surface area contributed by atoms with E-state index in [9.17, 15) is 0 Å². The molecule has 0 aliphatic heterocycles. The molecule has 2 unspecified atom stereocenters. The monoisotopic (exact) mass is 275 g/mol. The summed E-state index contributed by atoms with van der Waals surface area (Å²) < 4.78 is 2.17. The maximum Gasteiger partial charge on any atom is 0.108 e. The maximum absolute atomic E-state index is 4.48. The molecule has 1 N–H and O–H groups in total. The van der Waals surface area contributed by atoms with Gasteiger partial charge in [0.2, 0.25) is 0 Å². The van der Waals surface area contributed by atoms with Gasteiger partial charge in [-0.15, -0.1) is 0 Å². The standard InChI is InChI=1S/C17H29N3/c1-20-12-11-18-17(20)10-7-14-5-3-2-4-6-15(14)13-19-16-8-9-16/h11-12,14-16,19H,2-10,13H2,1H3. The number of hydrogen-bond acceptors (Lipinski definition) is 2. The summed E-state index contributed by atoms with van der Waals surface area (Å²) in [5, 5.41) is 3.77. The Bertz CT molecular complexity index is 408. The fraction of sp³-hybridized carbons (Fsp3) is 0.824. The normalized spacial score (nSPS) is 27.4. The Morgan fingerprint density at radius 2 is 1.95 bits per heavy atom. The fourth-order valence-corrected chi connectivity index (χ4v) is 3.67. The number of nitrogens with one attached hydrogen (secondary N) is 1. The molecule has 2 aliphatic rings. The van der Waals surface area contributed by atoms with Crippen molar-refractivity contribution in [3.05, 3.63) is 18.2 Å². The van der Waals surface area contributed by atoms with Crippen molar-refractivity contribution in [1.29, 1.82) is 0 Å². The van der Waals surface area contributed by atoms with Crippen LogP contribution in [0, 0.1) is 11.8 Å². The third-order valence-electron chi connectivity index (χ3n) is 5.22. The van der Waals surface area contributed by atoms with E-state index in [1.165, 1.54) is 63.7 Å². The largest absolute Gasteiger partial charge is 0.338 e. The highest BCUT2D eigenvalue weighted by Crippen LogP contribution is 2.32. The molecule has 1 aromatic heterocycles. The first-order chi connectivity index (χ1) is 9.83. The van der Waals surface area contributed by atoms with Gasteiger partial charge in [-0.25, -0.2) is 4.98 Å². The Morgan fingerprint density at radius 3 is 2.65 bits per heavy atom. The fourth-order valence-electron chi connectivity index (χ4n) is 3.67. The number of hydrogen-bond donors (Lipinski definition) is 1. The van der Waals surface area contributed by atoms with Gasteiger partial charge < -0.3 is 9.88 Å². The molecule has 0 radical (unpaired) electrons. The minimum absolute atomic E-state index is 0.855. The lowest BCUT2D eigenvalue weighted by molar-refractivity contribution is 0.281. The van der Waals surface area contributed by atoms with Crippen LogP contribution in [0.15, 0.2) is 12.4 Å². The molecule has 1 aromatic rings. The molecular weight excluding hydrogens is 246 g/mol. The van der Waals surface area contributed by atoms with Crippen molar-refractivity contribution in [2.45, 2.75) is 63.8 Å². The van der Waals surface area contributed by atoms with E-state index in [1.54, 1.807) is 0 Å². The first-order valence-electron chi connectivity index (χ1n) is 8.52. The van der Waals surface area contributed by atoms with E-state index in [2.05, 4.69) is 28.1 Å². The van der Waals surface area contributed by atoms with Gasteiger partial charge in [0, 0.05) is 31.9 Å². The second-order valence-electron chi connectivity index (χ2n) is 6.83. The first-order valence-corrected chi connectivity index (χ1v) is 8.52. The molecule has 0 aromatic carbocycles. The van der Waals surface area contributed by atoms with E-state index in [0.29, 0.717) is 0 Å². The van der Waals surface area contributed by atoms with Gasteiger partial charge in [0.05, 0.1) is 0 Å². The van der Waals surface area contributed by atoms with Crippen molar-refractivity contribution in [1.82, 2.24) is 14.9 Å². The van der Waals surface area contributed by atoms with Crippen molar-refractivity contribution in [3.63, 3.8) is 0 Å². The van der Waals surface area contributed by atoms with Crippen LogP contribution in [0.1, 0.15) is 57.2 Å². The first kappa shape index (κ1) is 14.1. The highest BCUT2D eigenvalue weighted by Gasteiger charge is 2.27. The van der Waals surface area contributed by atoms with Gasteiger partial charge in [-0.2, -0.15) is 0 Å². The second kappa shape index (κ2) is 6.75. The predicted octanol–water partition coefficient (Wildman–Crippen LogP) is 3.30. The molecule has 3 nitrogen and oxygen atoms in total. The molecule has 3 heteroatoms. The van der Waals surface area contributed by atoms with Crippen molar-refractivity contribution in [3.8, 4) is 0 Å². The van der Waals surface area contributed by atoms with E-state index >= 15 is 0 Å². The van der Waals surface area contributed by atoms with Crippen LogP contribution in [0.2, 0.25) is 0 Å². The molecule has 2 atom stereocenters. The summed E-state index contributed by atoms with van der Waals surface area (Å²) in [4.78, 5) is 4.48. The third-order valence-corrected chi connectivity index (χ3v) is 5.22. The number of nitrogens with zero attached hydrogens (tertiary/aromatic N) is 2. The molecule has 3 rings (SSSR count). The summed E-state index contributed by atoms with van der Waals surface area (Å²) in [6, 6.07) is 0.855. The lowest BCUT2D eigenvalue weighted by Crippen LogP contribution is -2.29. The molecule has 2 saturated carbocycles. The van der Waals surface area contributed by atoms with Crippen LogP contribution >= 0.6 is 0 Å². The van der Waals surface area contributed by atoms with Crippen LogP contribution in [-0.2, 0) is 13.5 Å². The smallest absolute Gasteiger partial charge is 0.108 e. The summed E-state index contributed by atoms with van der Waals surface area (Å²) in [6.45, 7) is 1.26. The number of aromatic nitrogens is 2. The summed E-state index contributed by atoms with van der Waals surface area (Å²) in [5.41, 5.74) is 0. The van der Waals surface area contributed by atoms with Gasteiger partial charge in [0.25, 0.3) is 0 Å². The molecule has 2 aliphatic carbocycles. The van der Waals surface area contributed by atoms with E-state index in [0.717, 1.165) is 24.3 Å². The number of aryl methyl sites for hydroxylation is 2. The average Bonchev–Trinajstić information content (AvgIpc) is 3.22. The molecule has 20 heavy (non-hydrogen) atoms. The van der Waals surface area contributed by atoms with Crippen LogP contribution in [0.3, 0.4) is 0 Å². The Hall–Kier alpha value is -0.830. The minimum atomic E-state index is 0.855. The zero-order valence-corrected chi connectivity index (χ0v) is 12.9. The summed E-state index contributed by atoms with van der Waals surface area (Å²) in [6.07, 6.45) is 16.5. The molecule has 0 saturated heterocycles. The van der Waals surface area contributed by atoms with E-state index < -0.39 is 0 Å². The molecule has 1 heterocycles. The van der Waals surface area contributed by atoms with Crippen LogP contribution in [0.4, 0.5) is 0 Å². The van der Waals surface area contributed by atoms with E-state index in [1.807, 2.05) is 6.20 Å². The van der Waals surface area contributed by atoms with Gasteiger partial charge in [0.15, 0.2) is 0 Å². The van der Waals surface area contributed by atoms with Gasteiger partial charge >= 0.3 is 0 Å². The minimum Gasteiger partial charge on any atom is -0.338 e. The predicted molar refractivity (Wildman–Crippen MR) is 82.6 cm³/mol. The van der Waals surface area contributed by atoms with Gasteiger partial charge in [0.1, 0.15) is 5.82 Å². The number of rotatable bonds is 6. The third kappa shape index (κ3) is 3.85. The SMILES string of the molecule is Cn1ccnc1CCC1CCCCCC1CNC1CC1. The highest BCUT2D eigenvalue weighted by atomic mass is 15.0. The molecule has 0 bridgehead atoms. The maximum atomic E-state index is 4.48. The lowest BCUT2D eigenvalue weighted by atomic mass is 9.84. The molecule has 112 valence electrons. The zero-order chi connectivity index (χ0) is 13.8. The van der Waals surface area contributed by atoms with Crippen molar-refractivity contribution < 1.29 is 0 Å². The Balaban J connectivity index is 1.53. The molecule has 0 spiro atoms. The summed E-state index contributed by atoms with van der Waals surface area (Å²) in [7, 11) is 2.11. The Morgan fingerprint density at radius 1 is 1.15 bits per heavy atom. The van der Waals surface area contributed by atoms with E-state index in [-0.39, 0.29) is 0 Å². The van der Waals surface area contributed by atoms with Crippen LogP contribution in [0.25, 0.3) is 0 Å². The van der Waals surface area contributed by atoms with Crippen LogP contribution < -0.4 is 5.32 Å². The average molecular weight is 275 g/mol. The van der Waals surface area contributed by atoms with Crippen molar-refractivity contribution in [2.75, 3.05) is 6.54 Å². The molecular formula is C17H29N3. The topological polar surface area (TPSA) is 29.9 Å². The summed E-state index contributed by atoms with van der Waals surface area (Å²) in [5.74, 6) is 3.06. The highest BCUT2D eigenvalue weighted by molar-refractivity contribution is 4.92. The van der Waals surface area contributed by atoms with Crippen LogP contribution in [-0.4, -0.2) is 22.1 Å². The zero-order valence-electron chi connectivity index (χ0n) is 12.9. The molecule has 0 amide bonds. The number of imidazole rings is 1.